The minimum atomic E-state index is -1.13. The summed E-state index contributed by atoms with van der Waals surface area (Å²) < 4.78 is 10.4. The number of methoxy groups -OCH3 is 2. The van der Waals surface area contributed by atoms with Crippen LogP contribution in [0.1, 0.15) is 12.8 Å². The van der Waals surface area contributed by atoms with E-state index in [1.165, 1.54) is 14.2 Å². The van der Waals surface area contributed by atoms with Crippen molar-refractivity contribution >= 4 is 0 Å². The van der Waals surface area contributed by atoms with Gasteiger partial charge in [0.2, 0.25) is 5.79 Å². The molecular formula is C10H18O4. The SMILES string of the molecule is C=C1CCC(O)C(OC)(OC)[C@@H]1CO. The van der Waals surface area contributed by atoms with E-state index in [4.69, 9.17) is 9.47 Å². The van der Waals surface area contributed by atoms with Crippen LogP contribution in [-0.2, 0) is 9.47 Å². The molecule has 0 saturated heterocycles. The van der Waals surface area contributed by atoms with Crippen molar-refractivity contribution in [3.63, 3.8) is 0 Å². The monoisotopic (exact) mass is 202 g/mol. The van der Waals surface area contributed by atoms with Crippen LogP contribution in [0.2, 0.25) is 0 Å². The van der Waals surface area contributed by atoms with Gasteiger partial charge in [-0.1, -0.05) is 12.2 Å². The van der Waals surface area contributed by atoms with Gasteiger partial charge in [-0.15, -0.1) is 0 Å². The number of hydrogen-bond donors (Lipinski definition) is 2. The van der Waals surface area contributed by atoms with Gasteiger partial charge >= 0.3 is 0 Å². The molecule has 1 aliphatic carbocycles. The molecule has 0 spiro atoms. The largest absolute Gasteiger partial charge is 0.396 e. The first-order valence-corrected chi connectivity index (χ1v) is 4.69. The highest BCUT2D eigenvalue weighted by Crippen LogP contribution is 2.39. The van der Waals surface area contributed by atoms with Crippen molar-refractivity contribution in [2.75, 3.05) is 20.8 Å². The molecule has 14 heavy (non-hydrogen) atoms. The maximum absolute atomic E-state index is 9.84. The molecule has 1 fully saturated rings. The minimum Gasteiger partial charge on any atom is -0.396 e. The van der Waals surface area contributed by atoms with Crippen molar-refractivity contribution in [2.24, 2.45) is 5.92 Å². The van der Waals surface area contributed by atoms with E-state index in [1.807, 2.05) is 0 Å². The number of aliphatic hydroxyl groups excluding tert-OH is 2. The van der Waals surface area contributed by atoms with Gasteiger partial charge in [0.05, 0.1) is 12.5 Å². The Morgan fingerprint density at radius 2 is 2.07 bits per heavy atom. The van der Waals surface area contributed by atoms with Gasteiger partial charge in [-0.2, -0.15) is 0 Å². The van der Waals surface area contributed by atoms with E-state index in [0.717, 1.165) is 5.57 Å². The molecule has 1 aliphatic rings. The molecule has 0 heterocycles. The first kappa shape index (κ1) is 11.7. The van der Waals surface area contributed by atoms with Gasteiger partial charge in [-0.3, -0.25) is 0 Å². The highest BCUT2D eigenvalue weighted by molar-refractivity contribution is 5.13. The predicted molar refractivity (Wildman–Crippen MR) is 51.7 cm³/mol. The molecule has 0 bridgehead atoms. The Hall–Kier alpha value is -0.420. The first-order chi connectivity index (χ1) is 6.62. The first-order valence-electron chi connectivity index (χ1n) is 4.69. The topological polar surface area (TPSA) is 58.9 Å². The Bertz CT molecular complexity index is 210. The van der Waals surface area contributed by atoms with Gasteiger partial charge in [0.15, 0.2) is 0 Å². The molecular weight excluding hydrogens is 184 g/mol. The zero-order chi connectivity index (χ0) is 10.8. The van der Waals surface area contributed by atoms with E-state index in [1.54, 1.807) is 0 Å². The number of aliphatic hydroxyl groups is 2. The minimum absolute atomic E-state index is 0.127. The third kappa shape index (κ3) is 1.59. The highest BCUT2D eigenvalue weighted by Gasteiger charge is 2.49. The fourth-order valence-corrected chi connectivity index (χ4v) is 2.11. The van der Waals surface area contributed by atoms with Gasteiger partial charge < -0.3 is 19.7 Å². The van der Waals surface area contributed by atoms with Crippen molar-refractivity contribution in [1.29, 1.82) is 0 Å². The summed E-state index contributed by atoms with van der Waals surface area (Å²) in [5, 5.41) is 19.1. The molecule has 0 amide bonds. The standard InChI is InChI=1S/C10H18O4/c1-7-4-5-9(12)10(13-2,14-3)8(7)6-11/h8-9,11-12H,1,4-6H2,2-3H3/t8-,9?/m1/s1. The summed E-state index contributed by atoms with van der Waals surface area (Å²) in [6.45, 7) is 3.73. The number of ether oxygens (including phenoxy) is 2. The average Bonchev–Trinajstić information content (AvgIpc) is 2.21. The molecule has 0 aromatic rings. The summed E-state index contributed by atoms with van der Waals surface area (Å²) in [7, 11) is 2.93. The Morgan fingerprint density at radius 1 is 1.50 bits per heavy atom. The summed E-state index contributed by atoms with van der Waals surface area (Å²) in [6.07, 6.45) is 0.526. The van der Waals surface area contributed by atoms with Crippen molar-refractivity contribution in [3.8, 4) is 0 Å². The van der Waals surface area contributed by atoms with Gasteiger partial charge in [0, 0.05) is 14.2 Å². The van der Waals surface area contributed by atoms with Crippen molar-refractivity contribution < 1.29 is 19.7 Å². The van der Waals surface area contributed by atoms with Crippen LogP contribution in [0.5, 0.6) is 0 Å². The Morgan fingerprint density at radius 3 is 2.43 bits per heavy atom. The average molecular weight is 202 g/mol. The molecule has 2 N–H and O–H groups in total. The van der Waals surface area contributed by atoms with E-state index < -0.39 is 11.9 Å². The number of hydrogen-bond acceptors (Lipinski definition) is 4. The molecule has 0 aliphatic heterocycles. The molecule has 1 saturated carbocycles. The third-order valence-corrected chi connectivity index (χ3v) is 3.00. The van der Waals surface area contributed by atoms with E-state index in [9.17, 15) is 10.2 Å². The van der Waals surface area contributed by atoms with E-state index in [-0.39, 0.29) is 12.5 Å². The van der Waals surface area contributed by atoms with Crippen LogP contribution in [0.15, 0.2) is 12.2 Å². The Kier molecular flexibility index (Phi) is 3.66. The predicted octanol–water partition coefficient (Wildman–Crippen LogP) is 0.295. The lowest BCUT2D eigenvalue weighted by atomic mass is 9.78. The smallest absolute Gasteiger partial charge is 0.202 e. The quantitative estimate of drug-likeness (QED) is 0.510. The van der Waals surface area contributed by atoms with Crippen LogP contribution in [0.25, 0.3) is 0 Å². The fourth-order valence-electron chi connectivity index (χ4n) is 2.11. The van der Waals surface area contributed by atoms with Crippen LogP contribution < -0.4 is 0 Å². The van der Waals surface area contributed by atoms with Crippen molar-refractivity contribution in [1.82, 2.24) is 0 Å². The lowest BCUT2D eigenvalue weighted by Crippen LogP contribution is -2.56. The summed E-state index contributed by atoms with van der Waals surface area (Å²) in [5.74, 6) is -1.49. The summed E-state index contributed by atoms with van der Waals surface area (Å²) in [5.41, 5.74) is 0.862. The molecule has 4 heteroatoms. The second kappa shape index (κ2) is 4.40. The molecule has 0 aromatic carbocycles. The van der Waals surface area contributed by atoms with Gasteiger partial charge in [-0.05, 0) is 12.8 Å². The van der Waals surface area contributed by atoms with Gasteiger partial charge in [0.1, 0.15) is 6.10 Å². The number of rotatable bonds is 3. The zero-order valence-corrected chi connectivity index (χ0v) is 8.69. The lowest BCUT2D eigenvalue weighted by Gasteiger charge is -2.45. The van der Waals surface area contributed by atoms with Crippen molar-refractivity contribution in [2.45, 2.75) is 24.7 Å². The summed E-state index contributed by atoms with van der Waals surface area (Å²) in [6, 6.07) is 0. The molecule has 1 rings (SSSR count). The molecule has 4 nitrogen and oxygen atoms in total. The van der Waals surface area contributed by atoms with E-state index in [0.29, 0.717) is 12.8 Å². The third-order valence-electron chi connectivity index (χ3n) is 3.00. The normalized spacial score (nSPS) is 31.9. The van der Waals surface area contributed by atoms with Crippen LogP contribution in [0.3, 0.4) is 0 Å². The van der Waals surface area contributed by atoms with E-state index in [2.05, 4.69) is 6.58 Å². The second-order valence-corrected chi connectivity index (χ2v) is 3.58. The fraction of sp³-hybridized carbons (Fsp3) is 0.800. The Balaban J connectivity index is 2.98. The molecule has 0 aromatic heterocycles. The summed E-state index contributed by atoms with van der Waals surface area (Å²) >= 11 is 0. The van der Waals surface area contributed by atoms with Gasteiger partial charge in [-0.25, -0.2) is 0 Å². The van der Waals surface area contributed by atoms with Crippen LogP contribution in [0, 0.1) is 5.92 Å². The van der Waals surface area contributed by atoms with Crippen LogP contribution in [-0.4, -0.2) is 42.9 Å². The highest BCUT2D eigenvalue weighted by atomic mass is 16.7. The molecule has 1 unspecified atom stereocenters. The summed E-state index contributed by atoms with van der Waals surface area (Å²) in [4.78, 5) is 0. The second-order valence-electron chi connectivity index (χ2n) is 3.58. The maximum Gasteiger partial charge on any atom is 0.202 e. The lowest BCUT2D eigenvalue weighted by molar-refractivity contribution is -0.293. The van der Waals surface area contributed by atoms with Crippen LogP contribution >= 0.6 is 0 Å². The van der Waals surface area contributed by atoms with Crippen molar-refractivity contribution in [3.05, 3.63) is 12.2 Å². The van der Waals surface area contributed by atoms with Crippen LogP contribution in [0.4, 0.5) is 0 Å². The van der Waals surface area contributed by atoms with Gasteiger partial charge in [0.25, 0.3) is 0 Å². The Labute approximate surface area is 84.1 Å². The molecule has 0 radical (unpaired) electrons. The molecule has 82 valence electrons. The zero-order valence-electron chi connectivity index (χ0n) is 8.69. The van der Waals surface area contributed by atoms with E-state index >= 15 is 0 Å². The molecule has 2 atom stereocenters. The maximum atomic E-state index is 9.84.